The minimum Gasteiger partial charge on any atom is -0.440 e. The first-order valence-electron chi connectivity index (χ1n) is 12.3. The Balaban J connectivity index is 1.14. The minimum atomic E-state index is -0.347. The van der Waals surface area contributed by atoms with Gasteiger partial charge in [0.1, 0.15) is 12.4 Å². The molecular weight excluding hydrogens is 447 g/mol. The van der Waals surface area contributed by atoms with Crippen molar-refractivity contribution in [3.05, 3.63) is 82.3 Å². The van der Waals surface area contributed by atoms with E-state index in [-0.39, 0.29) is 18.0 Å². The van der Waals surface area contributed by atoms with E-state index in [0.717, 1.165) is 59.3 Å². The van der Waals surface area contributed by atoms with Gasteiger partial charge in [-0.15, -0.1) is 11.3 Å². The van der Waals surface area contributed by atoms with Gasteiger partial charge in [-0.05, 0) is 46.7 Å². The molecule has 3 aliphatic rings. The third-order valence-corrected chi connectivity index (χ3v) is 8.44. The Labute approximate surface area is 205 Å². The number of hydrogen-bond donors (Lipinski definition) is 1. The van der Waals surface area contributed by atoms with E-state index < -0.39 is 0 Å². The number of carbonyl (C=O) groups is 1. The maximum atomic E-state index is 13.6. The lowest BCUT2D eigenvalue weighted by atomic mass is 9.83. The monoisotopic (exact) mass is 479 g/mol. The summed E-state index contributed by atoms with van der Waals surface area (Å²) >= 11 is 1.56. The number of hydrogen-bond acceptors (Lipinski definition) is 3. The number of quaternary nitrogens is 1. The van der Waals surface area contributed by atoms with Crippen molar-refractivity contribution in [2.24, 2.45) is 5.92 Å². The fourth-order valence-corrected chi connectivity index (χ4v) is 6.49. The molecular formula is C28H32FN2O2S+. The molecule has 34 heavy (non-hydrogen) atoms. The maximum Gasteiger partial charge on any atom is 0.407 e. The third kappa shape index (κ3) is 5.34. The van der Waals surface area contributed by atoms with E-state index in [1.807, 2.05) is 17.5 Å². The number of piperidine rings is 3. The zero-order chi connectivity index (χ0) is 23.4. The molecule has 1 aromatic heterocycles. The summed E-state index contributed by atoms with van der Waals surface area (Å²) in [6.07, 6.45) is 4.18. The molecule has 4 nitrogen and oxygen atoms in total. The summed E-state index contributed by atoms with van der Waals surface area (Å²) in [4.78, 5) is 13.7. The van der Waals surface area contributed by atoms with Crippen LogP contribution in [0.1, 0.15) is 29.7 Å². The van der Waals surface area contributed by atoms with Crippen molar-refractivity contribution >= 4 is 17.4 Å². The first-order chi connectivity index (χ1) is 16.6. The molecule has 1 atom stereocenters. The number of halogens is 1. The predicted molar refractivity (Wildman–Crippen MR) is 134 cm³/mol. The van der Waals surface area contributed by atoms with Crippen molar-refractivity contribution in [2.45, 2.75) is 38.3 Å². The molecule has 0 aliphatic carbocycles. The molecule has 4 heterocycles. The SMILES string of the molecule is O=C(NCc1sccc1-c1cccc(F)c1)OC1C[N+]2(CCCc3ccccc3)CCC1CC2. The Morgan fingerprint density at radius 2 is 1.91 bits per heavy atom. The van der Waals surface area contributed by atoms with Gasteiger partial charge in [0.25, 0.3) is 0 Å². The summed E-state index contributed by atoms with van der Waals surface area (Å²) in [7, 11) is 0. The van der Waals surface area contributed by atoms with Crippen LogP contribution in [0.4, 0.5) is 9.18 Å². The van der Waals surface area contributed by atoms with E-state index in [1.54, 1.807) is 17.4 Å². The van der Waals surface area contributed by atoms with Gasteiger partial charge >= 0.3 is 6.09 Å². The minimum absolute atomic E-state index is 0.00903. The average molecular weight is 480 g/mol. The molecule has 2 bridgehead atoms. The highest BCUT2D eigenvalue weighted by Crippen LogP contribution is 2.36. The van der Waals surface area contributed by atoms with E-state index in [1.165, 1.54) is 30.8 Å². The van der Waals surface area contributed by atoms with E-state index in [0.29, 0.717) is 12.5 Å². The number of amides is 1. The van der Waals surface area contributed by atoms with Gasteiger partial charge in [0.15, 0.2) is 6.10 Å². The molecule has 1 N–H and O–H groups in total. The molecule has 1 amide bonds. The number of nitrogens with one attached hydrogen (secondary N) is 1. The van der Waals surface area contributed by atoms with Gasteiger partial charge in [-0.3, -0.25) is 0 Å². The van der Waals surface area contributed by atoms with Crippen LogP contribution in [0.3, 0.4) is 0 Å². The van der Waals surface area contributed by atoms with Crippen molar-refractivity contribution in [2.75, 3.05) is 26.2 Å². The number of thiophene rings is 1. The largest absolute Gasteiger partial charge is 0.440 e. The molecule has 0 spiro atoms. The topological polar surface area (TPSA) is 38.3 Å². The van der Waals surface area contributed by atoms with Crippen LogP contribution >= 0.6 is 11.3 Å². The lowest BCUT2D eigenvalue weighted by molar-refractivity contribution is -0.946. The summed E-state index contributed by atoms with van der Waals surface area (Å²) in [5.74, 6) is 0.217. The van der Waals surface area contributed by atoms with Crippen molar-refractivity contribution in [3.63, 3.8) is 0 Å². The van der Waals surface area contributed by atoms with Crippen LogP contribution in [0.2, 0.25) is 0 Å². The van der Waals surface area contributed by atoms with Crippen LogP contribution in [0.15, 0.2) is 66.0 Å². The average Bonchev–Trinajstić information content (AvgIpc) is 3.33. The van der Waals surface area contributed by atoms with E-state index in [4.69, 9.17) is 4.74 Å². The quantitative estimate of drug-likeness (QED) is 0.401. The summed E-state index contributed by atoms with van der Waals surface area (Å²) < 4.78 is 20.7. The third-order valence-electron chi connectivity index (χ3n) is 7.51. The molecule has 3 aliphatic heterocycles. The summed E-state index contributed by atoms with van der Waals surface area (Å²) in [5.41, 5.74) is 3.17. The van der Waals surface area contributed by atoms with Gasteiger partial charge in [0, 0.05) is 30.1 Å². The van der Waals surface area contributed by atoms with Crippen molar-refractivity contribution in [3.8, 4) is 11.1 Å². The lowest BCUT2D eigenvalue weighted by Crippen LogP contribution is -2.64. The van der Waals surface area contributed by atoms with Crippen LogP contribution in [-0.2, 0) is 17.7 Å². The molecule has 6 heteroatoms. The molecule has 178 valence electrons. The number of alkyl carbamates (subject to hydrolysis) is 1. The first-order valence-corrected chi connectivity index (χ1v) is 13.1. The van der Waals surface area contributed by atoms with Crippen LogP contribution in [0.25, 0.3) is 11.1 Å². The number of ether oxygens (including phenoxy) is 1. The van der Waals surface area contributed by atoms with Crippen molar-refractivity contribution in [1.29, 1.82) is 0 Å². The van der Waals surface area contributed by atoms with Crippen molar-refractivity contribution in [1.82, 2.24) is 5.32 Å². The second-order valence-electron chi connectivity index (χ2n) is 9.69. The molecule has 1 unspecified atom stereocenters. The summed E-state index contributed by atoms with van der Waals surface area (Å²) in [6, 6.07) is 19.2. The highest BCUT2D eigenvalue weighted by molar-refractivity contribution is 7.10. The van der Waals surface area contributed by atoms with Gasteiger partial charge in [-0.25, -0.2) is 9.18 Å². The Kier molecular flexibility index (Phi) is 6.97. The summed E-state index contributed by atoms with van der Waals surface area (Å²) in [6.45, 7) is 4.87. The first kappa shape index (κ1) is 23.1. The molecule has 2 aromatic carbocycles. The second kappa shape index (κ2) is 10.3. The second-order valence-corrected chi connectivity index (χ2v) is 10.7. The molecule has 3 fully saturated rings. The van der Waals surface area contributed by atoms with Crippen LogP contribution in [0, 0.1) is 11.7 Å². The smallest absolute Gasteiger partial charge is 0.407 e. The number of benzene rings is 2. The predicted octanol–water partition coefficient (Wildman–Crippen LogP) is 6.02. The number of carbonyl (C=O) groups excluding carboxylic acids is 1. The van der Waals surface area contributed by atoms with E-state index >= 15 is 0 Å². The molecule has 0 radical (unpaired) electrons. The van der Waals surface area contributed by atoms with Gasteiger partial charge in [-0.2, -0.15) is 0 Å². The number of nitrogens with zero attached hydrogens (tertiary/aromatic N) is 1. The molecule has 6 rings (SSSR count). The normalized spacial score (nSPS) is 23.6. The van der Waals surface area contributed by atoms with Gasteiger partial charge in [0.2, 0.25) is 0 Å². The zero-order valence-corrected chi connectivity index (χ0v) is 20.2. The van der Waals surface area contributed by atoms with Gasteiger partial charge < -0.3 is 14.5 Å². The number of aryl methyl sites for hydroxylation is 1. The van der Waals surface area contributed by atoms with E-state index in [2.05, 4.69) is 35.6 Å². The zero-order valence-electron chi connectivity index (χ0n) is 19.4. The molecule has 3 aromatic rings. The lowest BCUT2D eigenvalue weighted by Gasteiger charge is -2.52. The Hall–Kier alpha value is -2.70. The van der Waals surface area contributed by atoms with E-state index in [9.17, 15) is 9.18 Å². The Morgan fingerprint density at radius 3 is 2.71 bits per heavy atom. The van der Waals surface area contributed by atoms with Gasteiger partial charge in [0.05, 0.1) is 26.2 Å². The Morgan fingerprint density at radius 1 is 1.09 bits per heavy atom. The number of rotatable bonds is 8. The van der Waals surface area contributed by atoms with Crippen LogP contribution in [0.5, 0.6) is 0 Å². The molecule has 0 saturated carbocycles. The Bertz CT molecular complexity index is 1110. The van der Waals surface area contributed by atoms with Crippen LogP contribution in [-0.4, -0.2) is 42.9 Å². The standard InChI is InChI=1S/C28H31FN2O2S/c29-24-10-4-9-23(18-24)25-13-17-34-27(25)19-30-28(32)33-26-20-31(15-11-22(26)12-16-31)14-5-8-21-6-2-1-3-7-21/h1-4,6-7,9-10,13,17-18,22,26H,5,8,11-12,14-16,19-20H2/p+1. The molecule has 3 saturated heterocycles. The fraction of sp³-hybridized carbons (Fsp3) is 0.393. The summed E-state index contributed by atoms with van der Waals surface area (Å²) in [5, 5.41) is 4.91. The fourth-order valence-electron chi connectivity index (χ4n) is 5.65. The maximum absolute atomic E-state index is 13.6. The van der Waals surface area contributed by atoms with Crippen molar-refractivity contribution < 1.29 is 18.4 Å². The van der Waals surface area contributed by atoms with Crippen LogP contribution < -0.4 is 5.32 Å². The highest BCUT2D eigenvalue weighted by atomic mass is 32.1. The highest BCUT2D eigenvalue weighted by Gasteiger charge is 2.47. The van der Waals surface area contributed by atoms with Gasteiger partial charge in [-0.1, -0.05) is 42.5 Å². The number of fused-ring (bicyclic) bond motifs is 3.